The van der Waals surface area contributed by atoms with Gasteiger partial charge in [-0.05, 0) is 19.8 Å². The van der Waals surface area contributed by atoms with Crippen LogP contribution in [0.4, 0.5) is 0 Å². The summed E-state index contributed by atoms with van der Waals surface area (Å²) in [7, 11) is -3.33. The van der Waals surface area contributed by atoms with Gasteiger partial charge in [-0.15, -0.1) is 0 Å². The van der Waals surface area contributed by atoms with E-state index in [0.717, 1.165) is 19.1 Å². The number of rotatable bonds is 5. The second-order valence-corrected chi connectivity index (χ2v) is 6.71. The Morgan fingerprint density at radius 1 is 1.53 bits per heavy atom. The Hall–Kier alpha value is -0.620. The van der Waals surface area contributed by atoms with Crippen LogP contribution in [0.3, 0.4) is 0 Å². The summed E-state index contributed by atoms with van der Waals surface area (Å²) in [6.07, 6.45) is 2.81. The van der Waals surface area contributed by atoms with Crippen LogP contribution in [0.2, 0.25) is 0 Å². The van der Waals surface area contributed by atoms with Gasteiger partial charge in [0.2, 0.25) is 5.91 Å². The van der Waals surface area contributed by atoms with Crippen molar-refractivity contribution in [2.45, 2.75) is 25.0 Å². The Morgan fingerprint density at radius 3 is 2.40 bits per heavy atom. The number of sulfone groups is 1. The van der Waals surface area contributed by atoms with Gasteiger partial charge in [0.25, 0.3) is 0 Å². The molecule has 0 spiro atoms. The van der Waals surface area contributed by atoms with Crippen LogP contribution >= 0.6 is 0 Å². The topological polar surface area (TPSA) is 83.5 Å². The van der Waals surface area contributed by atoms with E-state index >= 15 is 0 Å². The highest BCUT2D eigenvalue weighted by molar-refractivity contribution is 7.92. The first-order valence-corrected chi connectivity index (χ1v) is 6.84. The molecule has 6 heteroatoms. The number of amides is 1. The third-order valence-electron chi connectivity index (χ3n) is 2.94. The van der Waals surface area contributed by atoms with Crippen molar-refractivity contribution in [2.75, 3.05) is 19.4 Å². The SMILES string of the molecule is CC(C(=O)NCC1(CO)CC1)S(C)(=O)=O. The fourth-order valence-corrected chi connectivity index (χ4v) is 1.65. The molecule has 1 unspecified atom stereocenters. The van der Waals surface area contributed by atoms with Crippen molar-refractivity contribution in [3.05, 3.63) is 0 Å². The Kier molecular flexibility index (Phi) is 3.40. The average molecular weight is 235 g/mol. The molecule has 1 fully saturated rings. The highest BCUT2D eigenvalue weighted by atomic mass is 32.2. The zero-order valence-corrected chi connectivity index (χ0v) is 9.80. The molecule has 0 bridgehead atoms. The molecule has 0 saturated heterocycles. The summed E-state index contributed by atoms with van der Waals surface area (Å²) in [6.45, 7) is 1.77. The van der Waals surface area contributed by atoms with Gasteiger partial charge in [-0.1, -0.05) is 0 Å². The Balaban J connectivity index is 2.43. The number of aliphatic hydroxyl groups excluding tert-OH is 1. The molecule has 1 saturated carbocycles. The molecule has 0 aromatic carbocycles. The van der Waals surface area contributed by atoms with Crippen molar-refractivity contribution in [2.24, 2.45) is 5.41 Å². The molecule has 1 aliphatic carbocycles. The minimum Gasteiger partial charge on any atom is -0.396 e. The summed E-state index contributed by atoms with van der Waals surface area (Å²) >= 11 is 0. The largest absolute Gasteiger partial charge is 0.396 e. The number of carbonyl (C=O) groups is 1. The summed E-state index contributed by atoms with van der Waals surface area (Å²) < 4.78 is 22.1. The van der Waals surface area contributed by atoms with E-state index in [4.69, 9.17) is 5.11 Å². The second kappa shape index (κ2) is 4.09. The van der Waals surface area contributed by atoms with Crippen LogP contribution < -0.4 is 5.32 Å². The summed E-state index contributed by atoms with van der Waals surface area (Å²) in [5.74, 6) is -0.489. The van der Waals surface area contributed by atoms with Crippen LogP contribution in [0, 0.1) is 5.41 Å². The van der Waals surface area contributed by atoms with Gasteiger partial charge >= 0.3 is 0 Å². The molecular weight excluding hydrogens is 218 g/mol. The molecule has 1 rings (SSSR count). The molecule has 15 heavy (non-hydrogen) atoms. The molecule has 1 amide bonds. The Labute approximate surface area is 89.8 Å². The minimum absolute atomic E-state index is 0.0422. The van der Waals surface area contributed by atoms with Crippen LogP contribution in [0.15, 0.2) is 0 Å². The average Bonchev–Trinajstić information content (AvgIpc) is 2.92. The van der Waals surface area contributed by atoms with Gasteiger partial charge in [0.05, 0.1) is 6.61 Å². The molecule has 0 radical (unpaired) electrons. The van der Waals surface area contributed by atoms with Crippen molar-refractivity contribution in [1.29, 1.82) is 0 Å². The first-order valence-electron chi connectivity index (χ1n) is 4.88. The maximum Gasteiger partial charge on any atom is 0.238 e. The fourth-order valence-electron chi connectivity index (χ4n) is 1.18. The zero-order valence-electron chi connectivity index (χ0n) is 8.99. The normalized spacial score (nSPS) is 20.7. The molecule has 0 aliphatic heterocycles. The third kappa shape index (κ3) is 3.17. The molecule has 1 atom stereocenters. The van der Waals surface area contributed by atoms with Crippen LogP contribution in [0.25, 0.3) is 0 Å². The Morgan fingerprint density at radius 2 is 2.07 bits per heavy atom. The lowest BCUT2D eigenvalue weighted by Crippen LogP contribution is -2.40. The number of carbonyl (C=O) groups excluding carboxylic acids is 1. The minimum atomic E-state index is -3.33. The van der Waals surface area contributed by atoms with E-state index in [1.54, 1.807) is 0 Å². The number of hydrogen-bond acceptors (Lipinski definition) is 4. The fraction of sp³-hybridized carbons (Fsp3) is 0.889. The van der Waals surface area contributed by atoms with Crippen LogP contribution in [-0.4, -0.2) is 44.1 Å². The van der Waals surface area contributed by atoms with Crippen LogP contribution in [0.5, 0.6) is 0 Å². The van der Waals surface area contributed by atoms with Gasteiger partial charge < -0.3 is 10.4 Å². The van der Waals surface area contributed by atoms with Crippen molar-refractivity contribution in [3.63, 3.8) is 0 Å². The standard InChI is InChI=1S/C9H17NO4S/c1-7(15(2,13)14)8(12)10-5-9(6-11)3-4-9/h7,11H,3-6H2,1-2H3,(H,10,12). The lowest BCUT2D eigenvalue weighted by molar-refractivity contribution is -0.120. The predicted octanol–water partition coefficient (Wildman–Crippen LogP) is -0.692. The first kappa shape index (κ1) is 12.4. The van der Waals surface area contributed by atoms with Gasteiger partial charge in [-0.2, -0.15) is 0 Å². The maximum atomic E-state index is 11.4. The lowest BCUT2D eigenvalue weighted by atomic mass is 10.1. The van der Waals surface area contributed by atoms with Crippen LogP contribution in [0.1, 0.15) is 19.8 Å². The highest BCUT2D eigenvalue weighted by Crippen LogP contribution is 2.44. The quantitative estimate of drug-likeness (QED) is 0.660. The van der Waals surface area contributed by atoms with E-state index < -0.39 is 21.0 Å². The third-order valence-corrected chi connectivity index (χ3v) is 4.44. The summed E-state index contributed by atoms with van der Waals surface area (Å²) in [5.41, 5.74) is -0.188. The summed E-state index contributed by atoms with van der Waals surface area (Å²) in [5, 5.41) is 10.5. The lowest BCUT2D eigenvalue weighted by Gasteiger charge is -2.15. The number of hydrogen-bond donors (Lipinski definition) is 2. The molecular formula is C9H17NO4S. The van der Waals surface area contributed by atoms with Gasteiger partial charge in [0.15, 0.2) is 9.84 Å². The molecule has 5 nitrogen and oxygen atoms in total. The molecule has 88 valence electrons. The van der Waals surface area contributed by atoms with E-state index in [1.165, 1.54) is 6.92 Å². The van der Waals surface area contributed by atoms with E-state index in [2.05, 4.69) is 5.32 Å². The van der Waals surface area contributed by atoms with Gasteiger partial charge in [0, 0.05) is 18.2 Å². The van der Waals surface area contributed by atoms with Crippen molar-refractivity contribution in [1.82, 2.24) is 5.32 Å². The predicted molar refractivity (Wildman–Crippen MR) is 56.1 cm³/mol. The van der Waals surface area contributed by atoms with Crippen molar-refractivity contribution >= 4 is 15.7 Å². The van der Waals surface area contributed by atoms with Gasteiger partial charge in [-0.25, -0.2) is 8.42 Å². The first-order chi connectivity index (χ1) is 6.81. The molecule has 0 aromatic rings. The van der Waals surface area contributed by atoms with E-state index in [1.807, 2.05) is 0 Å². The molecule has 0 aromatic heterocycles. The highest BCUT2D eigenvalue weighted by Gasteiger charge is 2.42. The van der Waals surface area contributed by atoms with E-state index in [9.17, 15) is 13.2 Å². The van der Waals surface area contributed by atoms with E-state index in [0.29, 0.717) is 6.54 Å². The zero-order chi connectivity index (χ0) is 11.7. The number of nitrogens with one attached hydrogen (secondary N) is 1. The van der Waals surface area contributed by atoms with Crippen molar-refractivity contribution < 1.29 is 18.3 Å². The molecule has 1 aliphatic rings. The Bertz CT molecular complexity index is 345. The molecule has 0 heterocycles. The molecule has 2 N–H and O–H groups in total. The number of aliphatic hydroxyl groups is 1. The summed E-state index contributed by atoms with van der Waals surface area (Å²) in [6, 6.07) is 0. The second-order valence-electron chi connectivity index (χ2n) is 4.35. The van der Waals surface area contributed by atoms with Crippen LogP contribution in [-0.2, 0) is 14.6 Å². The smallest absolute Gasteiger partial charge is 0.238 e. The summed E-state index contributed by atoms with van der Waals surface area (Å²) in [4.78, 5) is 11.4. The van der Waals surface area contributed by atoms with E-state index in [-0.39, 0.29) is 12.0 Å². The maximum absolute atomic E-state index is 11.4. The monoisotopic (exact) mass is 235 g/mol. The van der Waals surface area contributed by atoms with Crippen molar-refractivity contribution in [3.8, 4) is 0 Å². The van der Waals surface area contributed by atoms with Gasteiger partial charge in [-0.3, -0.25) is 4.79 Å². The van der Waals surface area contributed by atoms with Gasteiger partial charge in [0.1, 0.15) is 5.25 Å².